The second-order valence-corrected chi connectivity index (χ2v) is 6.69. The molecule has 7 nitrogen and oxygen atoms in total. The molecular weight excluding hydrogens is 373 g/mol. The van der Waals surface area contributed by atoms with Gasteiger partial charge in [-0.3, -0.25) is 14.3 Å². The van der Waals surface area contributed by atoms with Gasteiger partial charge in [0.25, 0.3) is 5.91 Å². The number of aromatic nitrogens is 4. The summed E-state index contributed by atoms with van der Waals surface area (Å²) in [6.07, 6.45) is 2.43. The third-order valence-electron chi connectivity index (χ3n) is 4.82. The predicted molar refractivity (Wildman–Crippen MR) is 108 cm³/mol. The van der Waals surface area contributed by atoms with E-state index in [4.69, 9.17) is 0 Å². The molecule has 2 heterocycles. The fourth-order valence-corrected chi connectivity index (χ4v) is 3.38. The van der Waals surface area contributed by atoms with Gasteiger partial charge in [-0.25, -0.2) is 9.37 Å². The van der Waals surface area contributed by atoms with Crippen LogP contribution in [0.2, 0.25) is 0 Å². The van der Waals surface area contributed by atoms with Crippen LogP contribution in [0.5, 0.6) is 0 Å². The van der Waals surface area contributed by atoms with Crippen LogP contribution in [0.1, 0.15) is 23.8 Å². The number of nitrogens with zero attached hydrogens (tertiary/aromatic N) is 4. The molecule has 0 saturated carbocycles. The van der Waals surface area contributed by atoms with Gasteiger partial charge in [0.2, 0.25) is 5.43 Å². The SMILES string of the molecule is CCn1nc(C(=O)NCCCn2cnc3ccccc32)c(=O)c2cc(F)ccc21. The van der Waals surface area contributed by atoms with E-state index in [1.54, 1.807) is 6.33 Å². The van der Waals surface area contributed by atoms with Crippen LogP contribution in [-0.2, 0) is 13.1 Å². The number of imidazole rings is 1. The number of aryl methyl sites for hydroxylation is 2. The number of carbonyl (C=O) groups is 1. The minimum absolute atomic E-state index is 0.150. The van der Waals surface area contributed by atoms with Crippen molar-refractivity contribution < 1.29 is 9.18 Å². The molecule has 0 bridgehead atoms. The van der Waals surface area contributed by atoms with E-state index >= 15 is 0 Å². The maximum atomic E-state index is 13.6. The summed E-state index contributed by atoms with van der Waals surface area (Å²) < 4.78 is 17.1. The van der Waals surface area contributed by atoms with Crippen molar-refractivity contribution in [2.24, 2.45) is 0 Å². The van der Waals surface area contributed by atoms with Crippen molar-refractivity contribution in [1.82, 2.24) is 24.6 Å². The van der Waals surface area contributed by atoms with E-state index < -0.39 is 17.2 Å². The monoisotopic (exact) mass is 393 g/mol. The summed E-state index contributed by atoms with van der Waals surface area (Å²) in [5.41, 5.74) is 1.66. The number of halogens is 1. The lowest BCUT2D eigenvalue weighted by Gasteiger charge is -2.11. The van der Waals surface area contributed by atoms with Gasteiger partial charge >= 0.3 is 0 Å². The Bertz CT molecular complexity index is 1260. The van der Waals surface area contributed by atoms with Crippen molar-refractivity contribution in [2.45, 2.75) is 26.4 Å². The van der Waals surface area contributed by atoms with Crippen molar-refractivity contribution in [3.8, 4) is 0 Å². The zero-order valence-corrected chi connectivity index (χ0v) is 15.9. The Morgan fingerprint density at radius 1 is 1.17 bits per heavy atom. The molecule has 0 unspecified atom stereocenters. The van der Waals surface area contributed by atoms with Crippen LogP contribution in [0.4, 0.5) is 4.39 Å². The quantitative estimate of drug-likeness (QED) is 0.511. The first-order valence-corrected chi connectivity index (χ1v) is 9.47. The van der Waals surface area contributed by atoms with Gasteiger partial charge in [0.15, 0.2) is 5.69 Å². The highest BCUT2D eigenvalue weighted by Crippen LogP contribution is 2.13. The molecular formula is C21H20FN5O2. The summed E-state index contributed by atoms with van der Waals surface area (Å²) in [7, 11) is 0. The molecule has 8 heteroatoms. The van der Waals surface area contributed by atoms with Crippen LogP contribution in [0.25, 0.3) is 21.9 Å². The molecule has 0 aliphatic carbocycles. The molecule has 1 amide bonds. The van der Waals surface area contributed by atoms with Gasteiger partial charge in [-0.2, -0.15) is 5.10 Å². The largest absolute Gasteiger partial charge is 0.350 e. The summed E-state index contributed by atoms with van der Waals surface area (Å²) in [6, 6.07) is 11.7. The normalized spacial score (nSPS) is 11.2. The van der Waals surface area contributed by atoms with E-state index in [9.17, 15) is 14.0 Å². The first kappa shape index (κ1) is 18.8. The Morgan fingerprint density at radius 3 is 2.83 bits per heavy atom. The van der Waals surface area contributed by atoms with E-state index in [-0.39, 0.29) is 11.1 Å². The van der Waals surface area contributed by atoms with Gasteiger partial charge in [-0.05, 0) is 43.7 Å². The summed E-state index contributed by atoms with van der Waals surface area (Å²) in [5, 5.41) is 7.06. The molecule has 2 aromatic carbocycles. The minimum atomic E-state index is -0.567. The lowest BCUT2D eigenvalue weighted by atomic mass is 10.2. The molecule has 0 aliphatic heterocycles. The van der Waals surface area contributed by atoms with Crippen molar-refractivity contribution in [2.75, 3.05) is 6.54 Å². The highest BCUT2D eigenvalue weighted by atomic mass is 19.1. The summed E-state index contributed by atoms with van der Waals surface area (Å²) in [4.78, 5) is 29.5. The van der Waals surface area contributed by atoms with Gasteiger partial charge in [-0.15, -0.1) is 0 Å². The fraction of sp³-hybridized carbons (Fsp3) is 0.238. The lowest BCUT2D eigenvalue weighted by Crippen LogP contribution is -2.33. The summed E-state index contributed by atoms with van der Waals surface area (Å²) >= 11 is 0. The first-order chi connectivity index (χ1) is 14.1. The smallest absolute Gasteiger partial charge is 0.275 e. The van der Waals surface area contributed by atoms with Crippen LogP contribution in [-0.4, -0.2) is 31.8 Å². The molecule has 0 atom stereocenters. The number of carbonyl (C=O) groups excluding carboxylic acids is 1. The van der Waals surface area contributed by atoms with Crippen molar-refractivity contribution in [3.63, 3.8) is 0 Å². The number of hydrogen-bond donors (Lipinski definition) is 1. The van der Waals surface area contributed by atoms with E-state index in [0.717, 1.165) is 17.1 Å². The summed E-state index contributed by atoms with van der Waals surface area (Å²) in [6.45, 7) is 3.35. The molecule has 0 aliphatic rings. The number of hydrogen-bond acceptors (Lipinski definition) is 4. The molecule has 0 spiro atoms. The molecule has 2 aromatic heterocycles. The van der Waals surface area contributed by atoms with Gasteiger partial charge < -0.3 is 9.88 Å². The maximum absolute atomic E-state index is 13.6. The molecule has 1 N–H and O–H groups in total. The zero-order chi connectivity index (χ0) is 20.4. The third kappa shape index (κ3) is 3.61. The molecule has 0 fully saturated rings. The number of nitrogens with one attached hydrogen (secondary N) is 1. The standard InChI is InChI=1S/C21H20FN5O2/c1-2-27-17-9-8-14(22)12-15(17)20(28)19(25-27)21(29)23-10-5-11-26-13-24-16-6-3-4-7-18(16)26/h3-4,6-9,12-13H,2,5,10-11H2,1H3,(H,23,29). The molecule has 0 saturated heterocycles. The summed E-state index contributed by atoms with van der Waals surface area (Å²) in [5.74, 6) is -1.08. The highest BCUT2D eigenvalue weighted by molar-refractivity contribution is 5.95. The van der Waals surface area contributed by atoms with Gasteiger partial charge in [0, 0.05) is 19.6 Å². The Kier molecular flexibility index (Phi) is 5.07. The predicted octanol–water partition coefficient (Wildman–Crippen LogP) is 2.73. The Labute approximate surface area is 165 Å². The minimum Gasteiger partial charge on any atom is -0.350 e. The Hall–Kier alpha value is -3.55. The van der Waals surface area contributed by atoms with Gasteiger partial charge in [-0.1, -0.05) is 12.1 Å². The number of para-hydroxylation sites is 2. The Balaban J connectivity index is 1.48. The number of rotatable bonds is 6. The molecule has 148 valence electrons. The van der Waals surface area contributed by atoms with E-state index in [1.165, 1.54) is 16.8 Å². The van der Waals surface area contributed by atoms with Crippen LogP contribution < -0.4 is 10.7 Å². The third-order valence-corrected chi connectivity index (χ3v) is 4.82. The zero-order valence-electron chi connectivity index (χ0n) is 15.9. The van der Waals surface area contributed by atoms with Crippen LogP contribution >= 0.6 is 0 Å². The first-order valence-electron chi connectivity index (χ1n) is 9.47. The van der Waals surface area contributed by atoms with Gasteiger partial charge in [0.1, 0.15) is 5.82 Å². The van der Waals surface area contributed by atoms with E-state index in [2.05, 4.69) is 15.4 Å². The fourth-order valence-electron chi connectivity index (χ4n) is 3.38. The number of amides is 1. The lowest BCUT2D eigenvalue weighted by molar-refractivity contribution is 0.0944. The van der Waals surface area contributed by atoms with Gasteiger partial charge in [0.05, 0.1) is 28.3 Å². The average Bonchev–Trinajstić information content (AvgIpc) is 3.15. The second-order valence-electron chi connectivity index (χ2n) is 6.69. The molecule has 4 aromatic rings. The van der Waals surface area contributed by atoms with Crippen molar-refractivity contribution in [3.05, 3.63) is 70.5 Å². The molecule has 4 rings (SSSR count). The second kappa shape index (κ2) is 7.83. The maximum Gasteiger partial charge on any atom is 0.275 e. The number of fused-ring (bicyclic) bond motifs is 2. The molecule has 29 heavy (non-hydrogen) atoms. The van der Waals surface area contributed by atoms with E-state index in [0.29, 0.717) is 31.6 Å². The van der Waals surface area contributed by atoms with Crippen molar-refractivity contribution >= 4 is 27.8 Å². The topological polar surface area (TPSA) is 81.8 Å². The Morgan fingerprint density at radius 2 is 2.00 bits per heavy atom. The van der Waals surface area contributed by atoms with Crippen LogP contribution in [0, 0.1) is 5.82 Å². The van der Waals surface area contributed by atoms with Crippen LogP contribution in [0.15, 0.2) is 53.6 Å². The van der Waals surface area contributed by atoms with Crippen molar-refractivity contribution in [1.29, 1.82) is 0 Å². The van der Waals surface area contributed by atoms with Crippen LogP contribution in [0.3, 0.4) is 0 Å². The molecule has 0 radical (unpaired) electrons. The number of benzene rings is 2. The van der Waals surface area contributed by atoms with E-state index in [1.807, 2.05) is 35.8 Å². The highest BCUT2D eigenvalue weighted by Gasteiger charge is 2.17. The average molecular weight is 393 g/mol.